The minimum absolute atomic E-state index is 0.205. The number of carbonyl (C=O) groups is 1. The summed E-state index contributed by atoms with van der Waals surface area (Å²) in [5.74, 6) is 2.62. The molecule has 2 aliphatic heterocycles. The van der Waals surface area contributed by atoms with Crippen LogP contribution in [0.4, 0.5) is 11.6 Å². The number of hydrogen-bond donors (Lipinski definition) is 2. The third-order valence-corrected chi connectivity index (χ3v) is 6.07. The van der Waals surface area contributed by atoms with E-state index in [-0.39, 0.29) is 5.91 Å². The summed E-state index contributed by atoms with van der Waals surface area (Å²) < 4.78 is 0. The molecule has 2 unspecified atom stereocenters. The lowest BCUT2D eigenvalue weighted by Gasteiger charge is -2.33. The zero-order chi connectivity index (χ0) is 19.8. The predicted octanol–water partition coefficient (Wildman–Crippen LogP) is 2.51. The van der Waals surface area contributed by atoms with E-state index < -0.39 is 0 Å². The average Bonchev–Trinajstić information content (AvgIpc) is 3.19. The highest BCUT2D eigenvalue weighted by atomic mass is 16.1. The molecule has 0 radical (unpaired) electrons. The molecule has 0 spiro atoms. The van der Waals surface area contributed by atoms with E-state index >= 15 is 0 Å². The minimum Gasteiger partial charge on any atom is -0.370 e. The normalized spacial score (nSPS) is 23.0. The lowest BCUT2D eigenvalue weighted by atomic mass is 9.93. The second-order valence-electron chi connectivity index (χ2n) is 8.01. The van der Waals surface area contributed by atoms with Gasteiger partial charge < -0.3 is 15.5 Å². The number of anilines is 2. The zero-order valence-corrected chi connectivity index (χ0v) is 17.5. The van der Waals surface area contributed by atoms with Crippen molar-refractivity contribution in [2.45, 2.75) is 58.4 Å². The molecule has 1 aromatic heterocycles. The van der Waals surface area contributed by atoms with Gasteiger partial charge in [0.2, 0.25) is 5.91 Å². The fourth-order valence-corrected chi connectivity index (χ4v) is 4.50. The molecule has 2 aliphatic rings. The van der Waals surface area contributed by atoms with Gasteiger partial charge in [0.15, 0.2) is 0 Å². The van der Waals surface area contributed by atoms with E-state index in [2.05, 4.69) is 44.2 Å². The van der Waals surface area contributed by atoms with Crippen LogP contribution in [-0.4, -0.2) is 66.1 Å². The van der Waals surface area contributed by atoms with Crippen molar-refractivity contribution in [3.05, 3.63) is 12.4 Å². The Morgan fingerprint density at radius 1 is 1.21 bits per heavy atom. The van der Waals surface area contributed by atoms with Gasteiger partial charge in [0.05, 0.1) is 0 Å². The highest BCUT2D eigenvalue weighted by Crippen LogP contribution is 2.25. The van der Waals surface area contributed by atoms with E-state index in [1.165, 1.54) is 25.8 Å². The number of hydrogen-bond acceptors (Lipinski definition) is 6. The van der Waals surface area contributed by atoms with E-state index in [1.54, 1.807) is 6.33 Å². The number of carbonyl (C=O) groups excluding carboxylic acids is 1. The van der Waals surface area contributed by atoms with Crippen LogP contribution in [0.5, 0.6) is 0 Å². The van der Waals surface area contributed by atoms with Gasteiger partial charge in [-0.05, 0) is 58.0 Å². The van der Waals surface area contributed by atoms with Crippen LogP contribution >= 0.6 is 0 Å². The molecular formula is C21H36N6O. The van der Waals surface area contributed by atoms with Gasteiger partial charge in [-0.2, -0.15) is 0 Å². The fourth-order valence-electron chi connectivity index (χ4n) is 4.50. The predicted molar refractivity (Wildman–Crippen MR) is 114 cm³/mol. The van der Waals surface area contributed by atoms with Crippen molar-refractivity contribution >= 4 is 17.5 Å². The van der Waals surface area contributed by atoms with E-state index in [0.29, 0.717) is 18.4 Å². The van der Waals surface area contributed by atoms with Crippen LogP contribution in [0.1, 0.15) is 52.4 Å². The Bertz CT molecular complexity index is 625. The van der Waals surface area contributed by atoms with E-state index in [9.17, 15) is 4.79 Å². The summed E-state index contributed by atoms with van der Waals surface area (Å²) in [5, 5.41) is 6.42. The molecule has 2 fully saturated rings. The van der Waals surface area contributed by atoms with Crippen LogP contribution in [0.3, 0.4) is 0 Å². The van der Waals surface area contributed by atoms with Crippen molar-refractivity contribution < 1.29 is 4.79 Å². The second kappa shape index (κ2) is 10.6. The number of piperidine rings is 1. The Kier molecular flexibility index (Phi) is 7.89. The van der Waals surface area contributed by atoms with Gasteiger partial charge in [-0.15, -0.1) is 0 Å². The molecule has 0 bridgehead atoms. The maximum atomic E-state index is 12.3. The van der Waals surface area contributed by atoms with Crippen LogP contribution in [0.15, 0.2) is 12.4 Å². The summed E-state index contributed by atoms with van der Waals surface area (Å²) in [6.07, 6.45) is 8.03. The first-order valence-corrected chi connectivity index (χ1v) is 11.0. The maximum absolute atomic E-state index is 12.3. The molecule has 0 aliphatic carbocycles. The summed E-state index contributed by atoms with van der Waals surface area (Å²) >= 11 is 0. The van der Waals surface area contributed by atoms with Gasteiger partial charge in [0, 0.05) is 44.7 Å². The van der Waals surface area contributed by atoms with Crippen molar-refractivity contribution in [2.24, 2.45) is 5.92 Å². The second-order valence-corrected chi connectivity index (χ2v) is 8.01. The molecule has 2 saturated heterocycles. The Labute approximate surface area is 169 Å². The largest absolute Gasteiger partial charge is 0.370 e. The molecule has 1 aromatic rings. The van der Waals surface area contributed by atoms with Gasteiger partial charge in [-0.3, -0.25) is 9.69 Å². The van der Waals surface area contributed by atoms with Crippen molar-refractivity contribution in [3.8, 4) is 0 Å². The first-order valence-electron chi connectivity index (χ1n) is 11.0. The number of aromatic nitrogens is 2. The van der Waals surface area contributed by atoms with Crippen molar-refractivity contribution in [1.82, 2.24) is 20.2 Å². The Morgan fingerprint density at radius 2 is 2.07 bits per heavy atom. The first kappa shape index (κ1) is 20.8. The molecule has 2 atom stereocenters. The molecule has 1 amide bonds. The molecule has 28 heavy (non-hydrogen) atoms. The minimum atomic E-state index is 0.205. The number of likely N-dealkylation sites (N-methyl/N-ethyl adjacent to an activating group) is 1. The molecule has 3 rings (SSSR count). The SMILES string of the molecule is CCNc1cc(N2CCCC(CCC(=O)NCC3CCCN3CC)C2)ncn1. The Balaban J connectivity index is 1.42. The average molecular weight is 389 g/mol. The number of nitrogens with zero attached hydrogens (tertiary/aromatic N) is 4. The van der Waals surface area contributed by atoms with E-state index in [1.807, 2.05) is 6.07 Å². The third kappa shape index (κ3) is 5.80. The smallest absolute Gasteiger partial charge is 0.220 e. The summed E-state index contributed by atoms with van der Waals surface area (Å²) in [4.78, 5) is 25.9. The number of nitrogens with one attached hydrogen (secondary N) is 2. The monoisotopic (exact) mass is 388 g/mol. The van der Waals surface area contributed by atoms with E-state index in [4.69, 9.17) is 0 Å². The molecule has 0 saturated carbocycles. The van der Waals surface area contributed by atoms with Crippen molar-refractivity contribution in [3.63, 3.8) is 0 Å². The summed E-state index contributed by atoms with van der Waals surface area (Å²) in [7, 11) is 0. The van der Waals surface area contributed by atoms with E-state index in [0.717, 1.165) is 57.2 Å². The van der Waals surface area contributed by atoms with Gasteiger partial charge >= 0.3 is 0 Å². The van der Waals surface area contributed by atoms with Gasteiger partial charge in [0.1, 0.15) is 18.0 Å². The topological polar surface area (TPSA) is 73.4 Å². The summed E-state index contributed by atoms with van der Waals surface area (Å²) in [6, 6.07) is 2.56. The highest BCUT2D eigenvalue weighted by Gasteiger charge is 2.24. The Morgan fingerprint density at radius 3 is 2.89 bits per heavy atom. The standard InChI is InChI=1S/C21H36N6O/c1-3-22-19-13-20(25-16-24-19)27-12-5-7-17(15-27)9-10-21(28)23-14-18-8-6-11-26(18)4-2/h13,16-18H,3-12,14-15H2,1-2H3,(H,23,28)(H,22,24,25). The van der Waals surface area contributed by atoms with Gasteiger partial charge in [-0.25, -0.2) is 9.97 Å². The summed E-state index contributed by atoms with van der Waals surface area (Å²) in [5.41, 5.74) is 0. The van der Waals surface area contributed by atoms with Gasteiger partial charge in [-0.1, -0.05) is 6.92 Å². The van der Waals surface area contributed by atoms with Crippen molar-refractivity contribution in [2.75, 3.05) is 49.5 Å². The Hall–Kier alpha value is -1.89. The number of likely N-dealkylation sites (tertiary alicyclic amines) is 1. The zero-order valence-electron chi connectivity index (χ0n) is 17.5. The lowest BCUT2D eigenvalue weighted by molar-refractivity contribution is -0.121. The first-order chi connectivity index (χ1) is 13.7. The fraction of sp³-hybridized carbons (Fsp3) is 0.762. The van der Waals surface area contributed by atoms with Crippen LogP contribution in [0.2, 0.25) is 0 Å². The highest BCUT2D eigenvalue weighted by molar-refractivity contribution is 5.75. The lowest BCUT2D eigenvalue weighted by Crippen LogP contribution is -2.40. The van der Waals surface area contributed by atoms with Gasteiger partial charge in [0.25, 0.3) is 0 Å². The van der Waals surface area contributed by atoms with Crippen LogP contribution in [-0.2, 0) is 4.79 Å². The number of rotatable bonds is 9. The quantitative estimate of drug-likeness (QED) is 0.677. The van der Waals surface area contributed by atoms with Crippen LogP contribution < -0.4 is 15.5 Å². The molecule has 156 valence electrons. The maximum Gasteiger partial charge on any atom is 0.220 e. The molecule has 2 N–H and O–H groups in total. The van der Waals surface area contributed by atoms with Crippen molar-refractivity contribution in [1.29, 1.82) is 0 Å². The summed E-state index contributed by atoms with van der Waals surface area (Å²) in [6.45, 7) is 10.2. The van der Waals surface area contributed by atoms with Crippen LogP contribution in [0, 0.1) is 5.92 Å². The molecule has 3 heterocycles. The molecule has 7 nitrogen and oxygen atoms in total. The number of amides is 1. The molecular weight excluding hydrogens is 352 g/mol. The third-order valence-electron chi connectivity index (χ3n) is 6.07. The molecule has 7 heteroatoms. The van der Waals surface area contributed by atoms with Crippen LogP contribution in [0.25, 0.3) is 0 Å². The molecule has 0 aromatic carbocycles.